The van der Waals surface area contributed by atoms with E-state index in [1.165, 1.54) is 0 Å². The van der Waals surface area contributed by atoms with Gasteiger partial charge in [-0.15, -0.1) is 0 Å². The molecule has 0 aliphatic heterocycles. The Balaban J connectivity index is 1.82. The molecule has 25 heavy (non-hydrogen) atoms. The van der Waals surface area contributed by atoms with Gasteiger partial charge in [0, 0.05) is 4.47 Å². The summed E-state index contributed by atoms with van der Waals surface area (Å²) in [7, 11) is -3.40. The van der Waals surface area contributed by atoms with Crippen LogP contribution in [0.5, 0.6) is 5.75 Å². The number of para-hydroxylation sites is 1. The van der Waals surface area contributed by atoms with Crippen LogP contribution in [0.2, 0.25) is 0 Å². The van der Waals surface area contributed by atoms with Crippen molar-refractivity contribution in [1.82, 2.24) is 5.32 Å². The summed E-state index contributed by atoms with van der Waals surface area (Å²) in [4.78, 5) is 12.0. The average molecular weight is 427 g/mol. The van der Waals surface area contributed by atoms with Crippen molar-refractivity contribution in [2.75, 3.05) is 24.1 Å². The lowest BCUT2D eigenvalue weighted by Crippen LogP contribution is -2.29. The van der Waals surface area contributed by atoms with Crippen LogP contribution in [0.1, 0.15) is 5.56 Å². The van der Waals surface area contributed by atoms with Crippen molar-refractivity contribution in [2.24, 2.45) is 0 Å². The quantitative estimate of drug-likeness (QED) is 0.635. The molecule has 2 N–H and O–H groups in total. The summed E-state index contributed by atoms with van der Waals surface area (Å²) in [5.74, 6) is 0.506. The van der Waals surface area contributed by atoms with E-state index in [1.54, 1.807) is 24.3 Å². The molecule has 2 aromatic carbocycles. The number of ether oxygens (including phenoxy) is 1. The van der Waals surface area contributed by atoms with Gasteiger partial charge in [0.1, 0.15) is 12.4 Å². The highest BCUT2D eigenvalue weighted by Crippen LogP contribution is 2.18. The van der Waals surface area contributed by atoms with Gasteiger partial charge in [-0.3, -0.25) is 9.52 Å². The molecule has 0 saturated carbocycles. The van der Waals surface area contributed by atoms with Crippen molar-refractivity contribution >= 4 is 37.5 Å². The van der Waals surface area contributed by atoms with Crippen molar-refractivity contribution in [1.29, 1.82) is 0 Å². The number of amides is 1. The van der Waals surface area contributed by atoms with E-state index in [4.69, 9.17) is 4.74 Å². The molecule has 0 bridgehead atoms. The maximum atomic E-state index is 12.0. The van der Waals surface area contributed by atoms with Crippen LogP contribution in [0.15, 0.2) is 53.0 Å². The van der Waals surface area contributed by atoms with Crippen LogP contribution in [0.4, 0.5) is 5.69 Å². The molecule has 0 aliphatic rings. The van der Waals surface area contributed by atoms with Crippen molar-refractivity contribution in [3.05, 3.63) is 58.6 Å². The fraction of sp³-hybridized carbons (Fsp3) is 0.235. The van der Waals surface area contributed by atoms with Gasteiger partial charge in [0.05, 0.1) is 24.9 Å². The van der Waals surface area contributed by atoms with Crippen molar-refractivity contribution in [3.8, 4) is 5.75 Å². The van der Waals surface area contributed by atoms with E-state index >= 15 is 0 Å². The first-order chi connectivity index (χ1) is 11.8. The SMILES string of the molecule is CS(=O)(=O)Nc1ccccc1CC(=O)NCCOc1cccc(Br)c1. The van der Waals surface area contributed by atoms with Crippen LogP contribution in [0.25, 0.3) is 0 Å². The first-order valence-corrected chi connectivity index (χ1v) is 10.2. The molecule has 2 aromatic rings. The molecular formula is C17H19BrN2O4S. The lowest BCUT2D eigenvalue weighted by molar-refractivity contribution is -0.120. The molecule has 1 amide bonds. The summed E-state index contributed by atoms with van der Waals surface area (Å²) in [6.07, 6.45) is 1.15. The number of benzene rings is 2. The summed E-state index contributed by atoms with van der Waals surface area (Å²) < 4.78 is 31.6. The third-order valence-corrected chi connectivity index (χ3v) is 4.24. The number of rotatable bonds is 8. The third kappa shape index (κ3) is 7.15. The second-order valence-corrected chi connectivity index (χ2v) is 8.03. The Hall–Kier alpha value is -2.06. The Bertz CT molecular complexity index is 840. The van der Waals surface area contributed by atoms with Gasteiger partial charge < -0.3 is 10.1 Å². The number of nitrogens with one attached hydrogen (secondary N) is 2. The van der Waals surface area contributed by atoms with Gasteiger partial charge in [-0.05, 0) is 29.8 Å². The molecule has 0 aliphatic carbocycles. The van der Waals surface area contributed by atoms with Gasteiger partial charge in [-0.25, -0.2) is 8.42 Å². The maximum absolute atomic E-state index is 12.0. The molecule has 8 heteroatoms. The second-order valence-electron chi connectivity index (χ2n) is 5.36. The first kappa shape index (κ1) is 19.3. The minimum Gasteiger partial charge on any atom is -0.492 e. The van der Waals surface area contributed by atoms with Crippen LogP contribution < -0.4 is 14.8 Å². The Morgan fingerprint density at radius 3 is 2.64 bits per heavy atom. The fourth-order valence-electron chi connectivity index (χ4n) is 2.13. The normalized spacial score (nSPS) is 11.0. The van der Waals surface area contributed by atoms with E-state index in [2.05, 4.69) is 26.0 Å². The molecule has 0 saturated heterocycles. The molecule has 0 unspecified atom stereocenters. The molecule has 134 valence electrons. The Kier molecular flexibility index (Phi) is 6.83. The Morgan fingerprint density at radius 1 is 1.16 bits per heavy atom. The van der Waals surface area contributed by atoms with Crippen LogP contribution in [0.3, 0.4) is 0 Å². The molecule has 0 radical (unpaired) electrons. The van der Waals surface area contributed by atoms with Gasteiger partial charge >= 0.3 is 0 Å². The van der Waals surface area contributed by atoms with Crippen LogP contribution in [0, 0.1) is 0 Å². The summed E-state index contributed by atoms with van der Waals surface area (Å²) in [5.41, 5.74) is 1.02. The summed E-state index contributed by atoms with van der Waals surface area (Å²) >= 11 is 3.36. The zero-order valence-electron chi connectivity index (χ0n) is 13.7. The summed E-state index contributed by atoms with van der Waals surface area (Å²) in [6, 6.07) is 14.2. The van der Waals surface area contributed by atoms with E-state index in [0.29, 0.717) is 30.2 Å². The van der Waals surface area contributed by atoms with E-state index < -0.39 is 10.0 Å². The van der Waals surface area contributed by atoms with Gasteiger partial charge in [-0.1, -0.05) is 40.2 Å². The molecule has 6 nitrogen and oxygen atoms in total. The zero-order chi connectivity index (χ0) is 18.3. The molecule has 0 spiro atoms. The number of carbonyl (C=O) groups is 1. The number of carbonyl (C=O) groups excluding carboxylic acids is 1. The smallest absolute Gasteiger partial charge is 0.229 e. The first-order valence-electron chi connectivity index (χ1n) is 7.54. The van der Waals surface area contributed by atoms with Gasteiger partial charge in [0.25, 0.3) is 0 Å². The van der Waals surface area contributed by atoms with Crippen molar-refractivity contribution in [2.45, 2.75) is 6.42 Å². The highest BCUT2D eigenvalue weighted by Gasteiger charge is 2.10. The summed E-state index contributed by atoms with van der Waals surface area (Å²) in [5, 5.41) is 2.75. The van der Waals surface area contributed by atoms with Crippen LogP contribution >= 0.6 is 15.9 Å². The number of halogens is 1. The fourth-order valence-corrected chi connectivity index (χ4v) is 3.10. The molecule has 0 heterocycles. The van der Waals surface area contributed by atoms with Crippen molar-refractivity contribution in [3.63, 3.8) is 0 Å². The molecule has 0 atom stereocenters. The third-order valence-electron chi connectivity index (χ3n) is 3.15. The molecule has 0 aromatic heterocycles. The van der Waals surface area contributed by atoms with E-state index in [0.717, 1.165) is 10.7 Å². The number of hydrogen-bond acceptors (Lipinski definition) is 4. The van der Waals surface area contributed by atoms with E-state index in [-0.39, 0.29) is 12.3 Å². The Morgan fingerprint density at radius 2 is 1.92 bits per heavy atom. The predicted molar refractivity (Wildman–Crippen MR) is 101 cm³/mol. The zero-order valence-corrected chi connectivity index (χ0v) is 16.1. The number of hydrogen-bond donors (Lipinski definition) is 2. The molecular weight excluding hydrogens is 408 g/mol. The minimum absolute atomic E-state index is 0.0789. The average Bonchev–Trinajstić information content (AvgIpc) is 2.52. The Labute approximate surface area is 155 Å². The van der Waals surface area contributed by atoms with Crippen LogP contribution in [-0.4, -0.2) is 33.7 Å². The van der Waals surface area contributed by atoms with Crippen LogP contribution in [-0.2, 0) is 21.2 Å². The van der Waals surface area contributed by atoms with Gasteiger partial charge in [0.2, 0.25) is 15.9 Å². The number of anilines is 1. The maximum Gasteiger partial charge on any atom is 0.229 e. The molecule has 0 fully saturated rings. The predicted octanol–water partition coefficient (Wildman–Crippen LogP) is 2.56. The lowest BCUT2D eigenvalue weighted by atomic mass is 10.1. The van der Waals surface area contributed by atoms with Crippen molar-refractivity contribution < 1.29 is 17.9 Å². The highest BCUT2D eigenvalue weighted by atomic mass is 79.9. The largest absolute Gasteiger partial charge is 0.492 e. The second kappa shape index (κ2) is 8.87. The minimum atomic E-state index is -3.40. The molecule has 2 rings (SSSR count). The van der Waals surface area contributed by atoms with Gasteiger partial charge in [-0.2, -0.15) is 0 Å². The lowest BCUT2D eigenvalue weighted by Gasteiger charge is -2.11. The van der Waals surface area contributed by atoms with E-state index in [9.17, 15) is 13.2 Å². The topological polar surface area (TPSA) is 84.5 Å². The number of sulfonamides is 1. The highest BCUT2D eigenvalue weighted by molar-refractivity contribution is 9.10. The van der Waals surface area contributed by atoms with E-state index in [1.807, 2.05) is 24.3 Å². The standard InChI is InChI=1S/C17H19BrN2O4S/c1-25(22,23)20-16-8-3-2-5-13(16)11-17(21)19-9-10-24-15-7-4-6-14(18)12-15/h2-8,12,20H,9-11H2,1H3,(H,19,21). The monoisotopic (exact) mass is 426 g/mol. The van der Waals surface area contributed by atoms with Gasteiger partial charge in [0.15, 0.2) is 0 Å². The summed E-state index contributed by atoms with van der Waals surface area (Å²) in [6.45, 7) is 0.693.